The first-order valence-electron chi connectivity index (χ1n) is 12.4. The summed E-state index contributed by atoms with van der Waals surface area (Å²) in [5.74, 6) is 0.0543. The SMILES string of the molecule is CC(C)Oc1cccc(C2/C(=C(/O)c3ccc4c(c3)N(C)CCO4)C(=O)C(=O)N2C2CCCC2)c1. The first-order chi connectivity index (χ1) is 16.8. The molecule has 2 aromatic carbocycles. The number of ketones is 1. The number of rotatable bonds is 5. The minimum absolute atomic E-state index is 0.0128. The maximum atomic E-state index is 13.4. The Bertz CT molecular complexity index is 1180. The predicted molar refractivity (Wildman–Crippen MR) is 134 cm³/mol. The summed E-state index contributed by atoms with van der Waals surface area (Å²) in [6, 6.07) is 12.2. The van der Waals surface area contributed by atoms with Crippen LogP contribution in [0.4, 0.5) is 5.69 Å². The van der Waals surface area contributed by atoms with E-state index in [1.807, 2.05) is 51.2 Å². The third-order valence-electron chi connectivity index (χ3n) is 7.07. The second-order valence-corrected chi connectivity index (χ2v) is 9.84. The Labute approximate surface area is 205 Å². The summed E-state index contributed by atoms with van der Waals surface area (Å²) in [7, 11) is 1.96. The monoisotopic (exact) mass is 476 g/mol. The average Bonchev–Trinajstić information content (AvgIpc) is 3.45. The van der Waals surface area contributed by atoms with E-state index in [0.717, 1.165) is 49.2 Å². The third kappa shape index (κ3) is 4.24. The number of anilines is 1. The first kappa shape index (κ1) is 23.3. The Morgan fingerprint density at radius 2 is 1.89 bits per heavy atom. The molecule has 7 nitrogen and oxygen atoms in total. The number of aliphatic hydroxyl groups is 1. The van der Waals surface area contributed by atoms with Crippen molar-refractivity contribution in [3.05, 3.63) is 59.2 Å². The molecule has 2 fully saturated rings. The normalized spacial score (nSPS) is 22.0. The molecule has 0 aromatic heterocycles. The van der Waals surface area contributed by atoms with Gasteiger partial charge in [-0.2, -0.15) is 0 Å². The number of hydrogen-bond acceptors (Lipinski definition) is 6. The van der Waals surface area contributed by atoms with Gasteiger partial charge in [0.1, 0.15) is 23.9 Å². The molecule has 2 heterocycles. The molecule has 1 atom stereocenters. The molecule has 0 bridgehead atoms. The van der Waals surface area contributed by atoms with E-state index in [4.69, 9.17) is 9.47 Å². The summed E-state index contributed by atoms with van der Waals surface area (Å²) in [6.07, 6.45) is 3.74. The van der Waals surface area contributed by atoms with Crippen LogP contribution in [-0.4, -0.2) is 54.0 Å². The fourth-order valence-corrected chi connectivity index (χ4v) is 5.42. The molecular weight excluding hydrogens is 444 g/mol. The van der Waals surface area contributed by atoms with Crippen LogP contribution in [0.1, 0.15) is 56.7 Å². The maximum Gasteiger partial charge on any atom is 0.295 e. The summed E-state index contributed by atoms with van der Waals surface area (Å²) in [5.41, 5.74) is 2.22. The van der Waals surface area contributed by atoms with Crippen molar-refractivity contribution in [2.75, 3.05) is 25.1 Å². The highest BCUT2D eigenvalue weighted by Gasteiger charge is 2.49. The largest absolute Gasteiger partial charge is 0.507 e. The van der Waals surface area contributed by atoms with Crippen LogP contribution in [0, 0.1) is 0 Å². The van der Waals surface area contributed by atoms with Crippen molar-refractivity contribution in [1.82, 2.24) is 4.90 Å². The number of aliphatic hydroxyl groups excluding tert-OH is 1. The molecule has 2 aromatic rings. The number of fused-ring (bicyclic) bond motifs is 1. The Kier molecular flexibility index (Phi) is 6.17. The summed E-state index contributed by atoms with van der Waals surface area (Å²) >= 11 is 0. The molecule has 1 N–H and O–H groups in total. The van der Waals surface area contributed by atoms with Crippen LogP contribution in [0.3, 0.4) is 0 Å². The Hall–Kier alpha value is -3.48. The van der Waals surface area contributed by atoms with Crippen LogP contribution in [-0.2, 0) is 9.59 Å². The Balaban J connectivity index is 1.64. The molecule has 1 unspecified atom stereocenters. The zero-order valence-corrected chi connectivity index (χ0v) is 20.5. The quantitative estimate of drug-likeness (QED) is 0.384. The molecule has 184 valence electrons. The molecular formula is C28H32N2O5. The van der Waals surface area contributed by atoms with E-state index >= 15 is 0 Å². The van der Waals surface area contributed by atoms with Gasteiger partial charge in [0.15, 0.2) is 0 Å². The Morgan fingerprint density at radius 3 is 2.63 bits per heavy atom. The van der Waals surface area contributed by atoms with Crippen molar-refractivity contribution in [3.63, 3.8) is 0 Å². The Morgan fingerprint density at radius 1 is 1.11 bits per heavy atom. The van der Waals surface area contributed by atoms with E-state index in [1.165, 1.54) is 0 Å². The van der Waals surface area contributed by atoms with E-state index in [-0.39, 0.29) is 23.5 Å². The number of nitrogens with zero attached hydrogens (tertiary/aromatic N) is 2. The van der Waals surface area contributed by atoms with Gasteiger partial charge in [-0.1, -0.05) is 25.0 Å². The molecule has 7 heteroatoms. The van der Waals surface area contributed by atoms with Gasteiger partial charge in [0.2, 0.25) is 0 Å². The predicted octanol–water partition coefficient (Wildman–Crippen LogP) is 4.67. The van der Waals surface area contributed by atoms with Crippen molar-refractivity contribution >= 4 is 23.1 Å². The van der Waals surface area contributed by atoms with E-state index in [1.54, 1.807) is 17.0 Å². The highest BCUT2D eigenvalue weighted by atomic mass is 16.5. The van der Waals surface area contributed by atoms with Crippen LogP contribution in [0.2, 0.25) is 0 Å². The number of likely N-dealkylation sites (N-methyl/N-ethyl adjacent to an activating group) is 1. The number of hydrogen-bond donors (Lipinski definition) is 1. The van der Waals surface area contributed by atoms with Crippen LogP contribution >= 0.6 is 0 Å². The second-order valence-electron chi connectivity index (χ2n) is 9.84. The number of carbonyl (C=O) groups is 2. The van der Waals surface area contributed by atoms with Gasteiger partial charge in [-0.3, -0.25) is 9.59 Å². The van der Waals surface area contributed by atoms with Crippen molar-refractivity contribution in [1.29, 1.82) is 0 Å². The smallest absolute Gasteiger partial charge is 0.295 e. The summed E-state index contributed by atoms with van der Waals surface area (Å²) in [5, 5.41) is 11.5. The van der Waals surface area contributed by atoms with Gasteiger partial charge in [0, 0.05) is 18.7 Å². The minimum atomic E-state index is -0.668. The van der Waals surface area contributed by atoms with Crippen molar-refractivity contribution in [2.24, 2.45) is 0 Å². The summed E-state index contributed by atoms with van der Waals surface area (Å²) < 4.78 is 11.6. The zero-order chi connectivity index (χ0) is 24.7. The van der Waals surface area contributed by atoms with Gasteiger partial charge in [-0.15, -0.1) is 0 Å². The number of likely N-dealkylation sites (tertiary alicyclic amines) is 1. The number of ether oxygens (including phenoxy) is 2. The lowest BCUT2D eigenvalue weighted by atomic mass is 9.94. The van der Waals surface area contributed by atoms with Crippen LogP contribution in [0.5, 0.6) is 11.5 Å². The fraction of sp³-hybridized carbons (Fsp3) is 0.429. The fourth-order valence-electron chi connectivity index (χ4n) is 5.42. The van der Waals surface area contributed by atoms with Gasteiger partial charge in [-0.25, -0.2) is 0 Å². The lowest BCUT2D eigenvalue weighted by molar-refractivity contribution is -0.141. The topological polar surface area (TPSA) is 79.3 Å². The lowest BCUT2D eigenvalue weighted by Gasteiger charge is -2.31. The standard InChI is InChI=1S/C28H32N2O5/c1-17(2)35-21-10-6-7-18(15-21)25-24(27(32)28(33)30(25)20-8-4-5-9-20)26(31)19-11-12-23-22(16-19)29(3)13-14-34-23/h6-7,10-12,15-17,20,25,31H,4-5,8-9,13-14H2,1-3H3/b26-24-. The number of amides is 1. The van der Waals surface area contributed by atoms with E-state index in [9.17, 15) is 14.7 Å². The van der Waals surface area contributed by atoms with E-state index in [2.05, 4.69) is 4.90 Å². The molecule has 3 aliphatic rings. The van der Waals surface area contributed by atoms with Gasteiger partial charge in [0.25, 0.3) is 11.7 Å². The molecule has 1 aliphatic carbocycles. The number of benzene rings is 2. The lowest BCUT2D eigenvalue weighted by Crippen LogP contribution is -2.37. The minimum Gasteiger partial charge on any atom is -0.507 e. The third-order valence-corrected chi connectivity index (χ3v) is 7.07. The maximum absolute atomic E-state index is 13.4. The van der Waals surface area contributed by atoms with Crippen LogP contribution < -0.4 is 14.4 Å². The molecule has 0 radical (unpaired) electrons. The second kappa shape index (κ2) is 9.29. The van der Waals surface area contributed by atoms with Crippen molar-refractivity contribution < 1.29 is 24.2 Å². The summed E-state index contributed by atoms with van der Waals surface area (Å²) in [6.45, 7) is 5.23. The van der Waals surface area contributed by atoms with Crippen LogP contribution in [0.15, 0.2) is 48.0 Å². The van der Waals surface area contributed by atoms with E-state index in [0.29, 0.717) is 17.9 Å². The highest BCUT2D eigenvalue weighted by molar-refractivity contribution is 6.46. The molecule has 1 amide bonds. The molecule has 35 heavy (non-hydrogen) atoms. The summed E-state index contributed by atoms with van der Waals surface area (Å²) in [4.78, 5) is 30.5. The van der Waals surface area contributed by atoms with Gasteiger partial charge < -0.3 is 24.4 Å². The van der Waals surface area contributed by atoms with E-state index < -0.39 is 17.7 Å². The average molecular weight is 477 g/mol. The van der Waals surface area contributed by atoms with Crippen molar-refractivity contribution in [3.8, 4) is 11.5 Å². The number of carbonyl (C=O) groups excluding carboxylic acids is 2. The first-order valence-corrected chi connectivity index (χ1v) is 12.4. The van der Waals surface area contributed by atoms with Crippen LogP contribution in [0.25, 0.3) is 5.76 Å². The molecule has 5 rings (SSSR count). The molecule has 1 saturated heterocycles. The molecule has 2 aliphatic heterocycles. The van der Waals surface area contributed by atoms with Gasteiger partial charge >= 0.3 is 0 Å². The van der Waals surface area contributed by atoms with Gasteiger partial charge in [0.05, 0.1) is 30.0 Å². The van der Waals surface area contributed by atoms with Gasteiger partial charge in [-0.05, 0) is 62.6 Å². The highest BCUT2D eigenvalue weighted by Crippen LogP contribution is 2.45. The number of Topliss-reactive ketones (excluding diaryl/α,β-unsaturated/α-hetero) is 1. The van der Waals surface area contributed by atoms with Crippen molar-refractivity contribution in [2.45, 2.75) is 57.7 Å². The zero-order valence-electron chi connectivity index (χ0n) is 20.5. The molecule has 0 spiro atoms. The molecule has 1 saturated carbocycles.